The van der Waals surface area contributed by atoms with Gasteiger partial charge in [-0.15, -0.1) is 0 Å². The van der Waals surface area contributed by atoms with Gasteiger partial charge in [0, 0.05) is 12.6 Å². The molecule has 19 heavy (non-hydrogen) atoms. The second-order valence-electron chi connectivity index (χ2n) is 5.40. The summed E-state index contributed by atoms with van der Waals surface area (Å²) in [4.78, 5) is 24.5. The van der Waals surface area contributed by atoms with E-state index in [0.717, 1.165) is 19.3 Å². The standard InChI is InChI=1S/C13H22N2O4/c1-3-15(8(2)6-12(16)17)13(18)14-10-7-9-4-5-11(10)19-9/h8-11H,3-7H2,1-2H3,(H,14,18)(H,16,17). The van der Waals surface area contributed by atoms with Crippen molar-refractivity contribution in [3.8, 4) is 0 Å². The van der Waals surface area contributed by atoms with E-state index in [1.807, 2.05) is 6.92 Å². The number of urea groups is 1. The van der Waals surface area contributed by atoms with Crippen molar-refractivity contribution in [2.45, 2.75) is 63.8 Å². The summed E-state index contributed by atoms with van der Waals surface area (Å²) in [7, 11) is 0. The molecule has 6 nitrogen and oxygen atoms in total. The topological polar surface area (TPSA) is 78.9 Å². The molecule has 108 valence electrons. The normalized spacial score (nSPS) is 30.1. The first-order valence-corrected chi connectivity index (χ1v) is 6.95. The molecule has 2 bridgehead atoms. The number of nitrogens with one attached hydrogen (secondary N) is 1. The molecule has 2 aliphatic rings. The van der Waals surface area contributed by atoms with Crippen LogP contribution in [0.15, 0.2) is 0 Å². The summed E-state index contributed by atoms with van der Waals surface area (Å²) >= 11 is 0. The van der Waals surface area contributed by atoms with E-state index in [1.165, 1.54) is 0 Å². The zero-order valence-electron chi connectivity index (χ0n) is 11.5. The molecule has 0 aromatic heterocycles. The number of fused-ring (bicyclic) bond motifs is 2. The largest absolute Gasteiger partial charge is 0.481 e. The van der Waals surface area contributed by atoms with Crippen LogP contribution in [0.4, 0.5) is 4.79 Å². The van der Waals surface area contributed by atoms with Crippen LogP contribution in [0.2, 0.25) is 0 Å². The molecule has 2 heterocycles. The zero-order chi connectivity index (χ0) is 14.0. The number of carboxylic acids is 1. The summed E-state index contributed by atoms with van der Waals surface area (Å²) in [5.74, 6) is -0.887. The maximum absolute atomic E-state index is 12.2. The first-order valence-electron chi connectivity index (χ1n) is 6.95. The predicted molar refractivity (Wildman–Crippen MR) is 68.9 cm³/mol. The number of carbonyl (C=O) groups excluding carboxylic acids is 1. The van der Waals surface area contributed by atoms with Gasteiger partial charge in [-0.2, -0.15) is 0 Å². The Hall–Kier alpha value is -1.30. The molecular formula is C13H22N2O4. The number of amides is 2. The van der Waals surface area contributed by atoms with Gasteiger partial charge in [-0.25, -0.2) is 4.79 Å². The lowest BCUT2D eigenvalue weighted by Gasteiger charge is -2.30. The molecule has 2 aliphatic heterocycles. The van der Waals surface area contributed by atoms with E-state index < -0.39 is 5.97 Å². The van der Waals surface area contributed by atoms with Crippen LogP contribution < -0.4 is 5.32 Å². The van der Waals surface area contributed by atoms with Gasteiger partial charge in [-0.1, -0.05) is 0 Å². The van der Waals surface area contributed by atoms with E-state index in [2.05, 4.69) is 5.32 Å². The van der Waals surface area contributed by atoms with E-state index in [1.54, 1.807) is 11.8 Å². The predicted octanol–water partition coefficient (Wildman–Crippen LogP) is 1.20. The Balaban J connectivity index is 1.88. The Morgan fingerprint density at radius 2 is 2.21 bits per heavy atom. The molecule has 0 radical (unpaired) electrons. The second-order valence-corrected chi connectivity index (χ2v) is 5.40. The van der Waals surface area contributed by atoms with Gasteiger partial charge in [-0.3, -0.25) is 4.79 Å². The lowest BCUT2D eigenvalue weighted by Crippen LogP contribution is -2.51. The number of carbonyl (C=O) groups is 2. The minimum Gasteiger partial charge on any atom is -0.481 e. The fraction of sp³-hybridized carbons (Fsp3) is 0.846. The van der Waals surface area contributed by atoms with E-state index in [9.17, 15) is 9.59 Å². The van der Waals surface area contributed by atoms with Crippen molar-refractivity contribution < 1.29 is 19.4 Å². The van der Waals surface area contributed by atoms with Crippen molar-refractivity contribution in [1.29, 1.82) is 0 Å². The third-order valence-electron chi connectivity index (χ3n) is 4.02. The third kappa shape index (κ3) is 3.18. The van der Waals surface area contributed by atoms with Gasteiger partial charge in [0.05, 0.1) is 24.7 Å². The van der Waals surface area contributed by atoms with Gasteiger partial charge in [0.1, 0.15) is 0 Å². The summed E-state index contributed by atoms with van der Waals surface area (Å²) in [5.41, 5.74) is 0. The van der Waals surface area contributed by atoms with Crippen LogP contribution in [-0.2, 0) is 9.53 Å². The molecule has 2 fully saturated rings. The van der Waals surface area contributed by atoms with Gasteiger partial charge in [-0.05, 0) is 33.1 Å². The Morgan fingerprint density at radius 3 is 2.68 bits per heavy atom. The average Bonchev–Trinajstić information content (AvgIpc) is 2.90. The maximum Gasteiger partial charge on any atom is 0.317 e. The molecule has 0 spiro atoms. The molecule has 0 aliphatic carbocycles. The van der Waals surface area contributed by atoms with Gasteiger partial charge in [0.15, 0.2) is 0 Å². The van der Waals surface area contributed by atoms with Crippen molar-refractivity contribution in [3.63, 3.8) is 0 Å². The monoisotopic (exact) mass is 270 g/mol. The van der Waals surface area contributed by atoms with Crippen molar-refractivity contribution in [2.24, 2.45) is 0 Å². The second kappa shape index (κ2) is 5.77. The smallest absolute Gasteiger partial charge is 0.317 e. The Morgan fingerprint density at radius 1 is 1.47 bits per heavy atom. The molecule has 2 N–H and O–H groups in total. The van der Waals surface area contributed by atoms with Crippen LogP contribution in [0.25, 0.3) is 0 Å². The van der Waals surface area contributed by atoms with Crippen LogP contribution in [0, 0.1) is 0 Å². The first kappa shape index (κ1) is 14.1. The molecule has 4 unspecified atom stereocenters. The molecule has 0 aromatic carbocycles. The number of rotatable bonds is 5. The average molecular weight is 270 g/mol. The molecule has 6 heteroatoms. The summed E-state index contributed by atoms with van der Waals surface area (Å²) in [6, 6.07) is -0.406. The highest BCUT2D eigenvalue weighted by atomic mass is 16.5. The molecule has 2 rings (SSSR count). The molecular weight excluding hydrogens is 248 g/mol. The van der Waals surface area contributed by atoms with E-state index >= 15 is 0 Å². The van der Waals surface area contributed by atoms with Gasteiger partial charge >= 0.3 is 12.0 Å². The summed E-state index contributed by atoms with van der Waals surface area (Å²) in [6.07, 6.45) is 3.37. The lowest BCUT2D eigenvalue weighted by molar-refractivity contribution is -0.138. The van der Waals surface area contributed by atoms with Crippen LogP contribution in [0.1, 0.15) is 39.5 Å². The minimum absolute atomic E-state index is 0.0333. The van der Waals surface area contributed by atoms with Crippen LogP contribution in [0.3, 0.4) is 0 Å². The highest BCUT2D eigenvalue weighted by Crippen LogP contribution is 2.34. The fourth-order valence-corrected chi connectivity index (χ4v) is 3.05. The van der Waals surface area contributed by atoms with Crippen LogP contribution in [0.5, 0.6) is 0 Å². The summed E-state index contributed by atoms with van der Waals surface area (Å²) in [6.45, 7) is 4.12. The van der Waals surface area contributed by atoms with Crippen LogP contribution in [-0.4, -0.2) is 52.8 Å². The Kier molecular flexibility index (Phi) is 4.29. The zero-order valence-corrected chi connectivity index (χ0v) is 11.5. The van der Waals surface area contributed by atoms with Gasteiger partial charge < -0.3 is 20.1 Å². The highest BCUT2D eigenvalue weighted by molar-refractivity contribution is 5.76. The van der Waals surface area contributed by atoms with E-state index in [-0.39, 0.29) is 30.6 Å². The molecule has 2 saturated heterocycles. The van der Waals surface area contributed by atoms with Crippen molar-refractivity contribution in [3.05, 3.63) is 0 Å². The van der Waals surface area contributed by atoms with Crippen molar-refractivity contribution in [2.75, 3.05) is 6.54 Å². The summed E-state index contributed by atoms with van der Waals surface area (Å²) < 4.78 is 5.70. The summed E-state index contributed by atoms with van der Waals surface area (Å²) in [5, 5.41) is 11.8. The highest BCUT2D eigenvalue weighted by Gasteiger charge is 2.42. The van der Waals surface area contributed by atoms with E-state index in [4.69, 9.17) is 9.84 Å². The van der Waals surface area contributed by atoms with E-state index in [0.29, 0.717) is 12.6 Å². The Bertz CT molecular complexity index is 361. The van der Waals surface area contributed by atoms with Gasteiger partial charge in [0.2, 0.25) is 0 Å². The SMILES string of the molecule is CCN(C(=O)NC1CC2CCC1O2)C(C)CC(=O)O. The molecule has 4 atom stereocenters. The van der Waals surface area contributed by atoms with Crippen molar-refractivity contribution in [1.82, 2.24) is 10.2 Å². The van der Waals surface area contributed by atoms with Crippen molar-refractivity contribution >= 4 is 12.0 Å². The third-order valence-corrected chi connectivity index (χ3v) is 4.02. The maximum atomic E-state index is 12.2. The first-order chi connectivity index (χ1) is 9.01. The molecule has 2 amide bonds. The quantitative estimate of drug-likeness (QED) is 0.787. The number of hydrogen-bond donors (Lipinski definition) is 2. The molecule has 0 aromatic rings. The molecule has 0 saturated carbocycles. The number of carboxylic acid groups (broad SMARTS) is 1. The number of aliphatic carboxylic acids is 1. The Labute approximate surface area is 113 Å². The number of hydrogen-bond acceptors (Lipinski definition) is 3. The fourth-order valence-electron chi connectivity index (χ4n) is 3.05. The lowest BCUT2D eigenvalue weighted by atomic mass is 9.96. The number of ether oxygens (including phenoxy) is 1. The van der Waals surface area contributed by atoms with Crippen LogP contribution >= 0.6 is 0 Å². The number of nitrogens with zero attached hydrogens (tertiary/aromatic N) is 1. The van der Waals surface area contributed by atoms with Gasteiger partial charge in [0.25, 0.3) is 0 Å². The minimum atomic E-state index is -0.887.